The Bertz CT molecular complexity index is 392. The zero-order chi connectivity index (χ0) is 16.0. The molecule has 116 valence electrons. The van der Waals surface area contributed by atoms with E-state index in [2.05, 4.69) is 41.1 Å². The fourth-order valence-corrected chi connectivity index (χ4v) is 1.85. The molecule has 0 amide bonds. The van der Waals surface area contributed by atoms with Crippen molar-refractivity contribution in [1.29, 1.82) is 0 Å². The lowest BCUT2D eigenvalue weighted by Crippen LogP contribution is -1.84. The average Bonchev–Trinajstić information content (AvgIpc) is 3.15. The third-order valence-electron chi connectivity index (χ3n) is 2.17. The second kappa shape index (κ2) is 14.3. The van der Waals surface area contributed by atoms with Gasteiger partial charge in [-0.2, -0.15) is 0 Å². The molecule has 1 N–H and O–H groups in total. The Kier molecular flexibility index (Phi) is 15.1. The molecular formula is C16H31N3S. The largest absolute Gasteiger partial charge is 0.348 e. The van der Waals surface area contributed by atoms with E-state index >= 15 is 0 Å². The Labute approximate surface area is 128 Å². The van der Waals surface area contributed by atoms with Crippen molar-refractivity contribution in [2.24, 2.45) is 0 Å². The van der Waals surface area contributed by atoms with E-state index < -0.39 is 0 Å². The monoisotopic (exact) mass is 297 g/mol. The maximum Gasteiger partial charge on any atom is 0.0921 e. The summed E-state index contributed by atoms with van der Waals surface area (Å²) in [6.07, 6.45) is 4.62. The van der Waals surface area contributed by atoms with Crippen LogP contribution in [0.1, 0.15) is 70.8 Å². The summed E-state index contributed by atoms with van der Waals surface area (Å²) in [6, 6.07) is 0. The van der Waals surface area contributed by atoms with Crippen LogP contribution in [0.2, 0.25) is 0 Å². The van der Waals surface area contributed by atoms with Gasteiger partial charge in [-0.1, -0.05) is 48.5 Å². The number of hydrogen-bond acceptors (Lipinski definition) is 3. The summed E-state index contributed by atoms with van der Waals surface area (Å²) >= 11 is 1.72. The minimum atomic E-state index is 0.567. The molecule has 0 aromatic carbocycles. The van der Waals surface area contributed by atoms with E-state index in [0.717, 1.165) is 6.42 Å². The zero-order valence-corrected chi connectivity index (χ0v) is 15.1. The molecular weight excluding hydrogens is 266 g/mol. The van der Waals surface area contributed by atoms with Crippen molar-refractivity contribution in [2.75, 3.05) is 0 Å². The summed E-state index contributed by atoms with van der Waals surface area (Å²) in [5.74, 6) is 0.567. The number of hydrogen-bond donors (Lipinski definition) is 1. The molecule has 0 spiro atoms. The van der Waals surface area contributed by atoms with Crippen LogP contribution in [0.3, 0.4) is 0 Å². The van der Waals surface area contributed by atoms with Crippen LogP contribution in [0, 0.1) is 6.92 Å². The summed E-state index contributed by atoms with van der Waals surface area (Å²) in [5.41, 5.74) is 2.41. The molecule has 0 atom stereocenters. The summed E-state index contributed by atoms with van der Waals surface area (Å²) in [7, 11) is 0. The summed E-state index contributed by atoms with van der Waals surface area (Å²) in [6.45, 7) is 16.4. The van der Waals surface area contributed by atoms with Crippen molar-refractivity contribution in [2.45, 2.75) is 67.7 Å². The molecule has 0 fully saturated rings. The van der Waals surface area contributed by atoms with Gasteiger partial charge in [0, 0.05) is 17.3 Å². The second-order valence-electron chi connectivity index (χ2n) is 3.87. The van der Waals surface area contributed by atoms with Gasteiger partial charge >= 0.3 is 0 Å². The van der Waals surface area contributed by atoms with E-state index in [0.29, 0.717) is 5.92 Å². The molecule has 2 aromatic rings. The average molecular weight is 298 g/mol. The van der Waals surface area contributed by atoms with Crippen LogP contribution in [0.15, 0.2) is 17.9 Å². The van der Waals surface area contributed by atoms with Gasteiger partial charge in [-0.15, -0.1) is 11.3 Å². The van der Waals surface area contributed by atoms with E-state index in [1.54, 1.807) is 17.7 Å². The Morgan fingerprint density at radius 2 is 1.80 bits per heavy atom. The predicted octanol–water partition coefficient (Wildman–Crippen LogP) is 5.60. The molecule has 2 rings (SSSR count). The molecule has 0 aliphatic rings. The highest BCUT2D eigenvalue weighted by molar-refractivity contribution is 7.09. The van der Waals surface area contributed by atoms with Crippen LogP contribution in [0.25, 0.3) is 0 Å². The van der Waals surface area contributed by atoms with Crippen molar-refractivity contribution >= 4 is 11.3 Å². The number of H-pyrrole nitrogens is 1. The first-order chi connectivity index (χ1) is 9.63. The summed E-state index contributed by atoms with van der Waals surface area (Å²) in [4.78, 5) is 11.2. The fourth-order valence-electron chi connectivity index (χ4n) is 1.15. The van der Waals surface area contributed by atoms with Crippen molar-refractivity contribution in [3.8, 4) is 0 Å². The molecule has 0 radical (unpaired) electrons. The number of nitrogens with one attached hydrogen (secondary N) is 1. The lowest BCUT2D eigenvalue weighted by molar-refractivity contribution is 0.832. The molecule has 2 heterocycles. The van der Waals surface area contributed by atoms with Gasteiger partial charge in [0.05, 0.1) is 17.0 Å². The van der Waals surface area contributed by atoms with E-state index in [1.807, 2.05) is 40.8 Å². The third-order valence-corrected chi connectivity index (χ3v) is 2.99. The number of imidazole rings is 1. The quantitative estimate of drug-likeness (QED) is 0.784. The highest BCUT2D eigenvalue weighted by atomic mass is 32.1. The van der Waals surface area contributed by atoms with Gasteiger partial charge in [0.1, 0.15) is 0 Å². The predicted molar refractivity (Wildman–Crippen MR) is 91.6 cm³/mol. The van der Waals surface area contributed by atoms with Crippen LogP contribution < -0.4 is 0 Å². The first-order valence-corrected chi connectivity index (χ1v) is 8.40. The number of thiazole rings is 1. The van der Waals surface area contributed by atoms with Crippen molar-refractivity contribution in [1.82, 2.24) is 15.0 Å². The zero-order valence-electron chi connectivity index (χ0n) is 14.3. The Hall–Kier alpha value is -1.16. The van der Waals surface area contributed by atoms with Crippen LogP contribution in [0.4, 0.5) is 0 Å². The van der Waals surface area contributed by atoms with Gasteiger partial charge in [0.2, 0.25) is 0 Å². The van der Waals surface area contributed by atoms with Crippen LogP contribution in [-0.2, 0) is 6.42 Å². The smallest absolute Gasteiger partial charge is 0.0921 e. The van der Waals surface area contributed by atoms with Crippen molar-refractivity contribution in [3.63, 3.8) is 0 Å². The topological polar surface area (TPSA) is 41.6 Å². The summed E-state index contributed by atoms with van der Waals surface area (Å²) in [5, 5.41) is 3.27. The van der Waals surface area contributed by atoms with Gasteiger partial charge in [-0.25, -0.2) is 9.97 Å². The molecule has 2 aromatic heterocycles. The minimum Gasteiger partial charge on any atom is -0.348 e. The van der Waals surface area contributed by atoms with Gasteiger partial charge in [0.25, 0.3) is 0 Å². The molecule has 0 saturated heterocycles. The molecule has 0 bridgehead atoms. The van der Waals surface area contributed by atoms with Crippen LogP contribution in [-0.4, -0.2) is 15.0 Å². The van der Waals surface area contributed by atoms with Gasteiger partial charge < -0.3 is 4.98 Å². The lowest BCUT2D eigenvalue weighted by Gasteiger charge is -1.95. The van der Waals surface area contributed by atoms with Gasteiger partial charge in [-0.05, 0) is 19.3 Å². The van der Waals surface area contributed by atoms with Crippen molar-refractivity contribution < 1.29 is 0 Å². The maximum atomic E-state index is 4.25. The molecule has 0 saturated carbocycles. The normalized spacial score (nSPS) is 8.65. The second-order valence-corrected chi connectivity index (χ2v) is 4.94. The maximum absolute atomic E-state index is 4.25. The molecule has 0 unspecified atom stereocenters. The highest BCUT2D eigenvalue weighted by Crippen LogP contribution is 2.07. The molecule has 0 aliphatic heterocycles. The number of aromatic nitrogens is 3. The first-order valence-electron chi connectivity index (χ1n) is 7.52. The Morgan fingerprint density at radius 1 is 1.20 bits per heavy atom. The van der Waals surface area contributed by atoms with E-state index in [9.17, 15) is 0 Å². The van der Waals surface area contributed by atoms with E-state index in [-0.39, 0.29) is 0 Å². The SMILES string of the molecule is CC.CC.CC(C)c1cnc[nH]1.CCc1csc(C)n1. The molecule has 3 nitrogen and oxygen atoms in total. The third kappa shape index (κ3) is 9.73. The van der Waals surface area contributed by atoms with E-state index in [1.165, 1.54) is 16.4 Å². The lowest BCUT2D eigenvalue weighted by atomic mass is 10.2. The van der Waals surface area contributed by atoms with Crippen LogP contribution >= 0.6 is 11.3 Å². The number of aryl methyl sites for hydroxylation is 2. The molecule has 4 heteroatoms. The minimum absolute atomic E-state index is 0.567. The molecule has 0 aliphatic carbocycles. The Balaban J connectivity index is 0. The number of aromatic amines is 1. The highest BCUT2D eigenvalue weighted by Gasteiger charge is 1.96. The fraction of sp³-hybridized carbons (Fsp3) is 0.625. The van der Waals surface area contributed by atoms with Gasteiger partial charge in [0.15, 0.2) is 0 Å². The van der Waals surface area contributed by atoms with Gasteiger partial charge in [-0.3, -0.25) is 0 Å². The first kappa shape index (κ1) is 21.1. The standard InChI is InChI=1S/C6H10N2.C6H9NS.2C2H6/c1-5(2)6-3-7-4-8-6;1-3-6-4-8-5(2)7-6;2*1-2/h3-5H,1-2H3,(H,7,8);4H,3H2,1-2H3;2*1-2H3. The van der Waals surface area contributed by atoms with Crippen molar-refractivity contribution in [3.05, 3.63) is 34.3 Å². The van der Waals surface area contributed by atoms with Crippen LogP contribution in [0.5, 0.6) is 0 Å². The molecule has 20 heavy (non-hydrogen) atoms. The van der Waals surface area contributed by atoms with E-state index in [4.69, 9.17) is 0 Å². The summed E-state index contributed by atoms with van der Waals surface area (Å²) < 4.78 is 0. The number of nitrogens with zero attached hydrogens (tertiary/aromatic N) is 2. The number of rotatable bonds is 2. The Morgan fingerprint density at radius 3 is 2.00 bits per heavy atom.